The molecule has 0 spiro atoms. The van der Waals surface area contributed by atoms with Gasteiger partial charge >= 0.3 is 6.18 Å². The summed E-state index contributed by atoms with van der Waals surface area (Å²) in [5.74, 6) is 0. The molecule has 0 aromatic rings. The van der Waals surface area contributed by atoms with E-state index in [9.17, 15) is 13.2 Å². The number of rotatable bonds is 0. The van der Waals surface area contributed by atoms with Crippen molar-refractivity contribution in [2.75, 3.05) is 0 Å². The van der Waals surface area contributed by atoms with Gasteiger partial charge in [0.05, 0.1) is 11.1 Å². The summed E-state index contributed by atoms with van der Waals surface area (Å²) in [6, 6.07) is 0. The molecule has 8 heavy (non-hydrogen) atoms. The highest BCUT2D eigenvalue weighted by Crippen LogP contribution is 2.24. The maximum absolute atomic E-state index is 11.3. The van der Waals surface area contributed by atoms with Crippen molar-refractivity contribution in [2.45, 2.75) is 13.1 Å². The normalized spacial score (nSPS) is 14.4. The van der Waals surface area contributed by atoms with Gasteiger partial charge in [0.1, 0.15) is 0 Å². The maximum Gasteiger partial charge on any atom is 0.413 e. The van der Waals surface area contributed by atoms with Crippen molar-refractivity contribution < 1.29 is 13.2 Å². The summed E-state index contributed by atoms with van der Waals surface area (Å²) >= 11 is 4.63. The zero-order valence-electron chi connectivity index (χ0n) is 4.01. The van der Waals surface area contributed by atoms with Crippen LogP contribution in [0.15, 0.2) is 5.57 Å². The Bertz CT molecular complexity index is 102. The summed E-state index contributed by atoms with van der Waals surface area (Å²) in [6.45, 7) is 0.854. The summed E-state index contributed by atoms with van der Waals surface area (Å²) in [5.41, 5.74) is 0.565. The van der Waals surface area contributed by atoms with Crippen LogP contribution in [0.2, 0.25) is 0 Å². The van der Waals surface area contributed by atoms with Gasteiger partial charge in [0.2, 0.25) is 0 Å². The lowest BCUT2D eigenvalue weighted by molar-refractivity contribution is -0.0915. The van der Waals surface area contributed by atoms with Crippen molar-refractivity contribution in [3.05, 3.63) is 11.1 Å². The van der Waals surface area contributed by atoms with E-state index in [0.29, 0.717) is 0 Å². The molecule has 0 fully saturated rings. The highest BCUT2D eigenvalue weighted by atomic mass is 35.5. The monoisotopic (exact) mass is 143 g/mol. The molecule has 0 bridgehead atoms. The summed E-state index contributed by atoms with van der Waals surface area (Å²) in [6.07, 6.45) is -4.32. The fourth-order valence-corrected chi connectivity index (χ4v) is 0.161. The second-order valence-corrected chi connectivity index (χ2v) is 1.41. The molecule has 0 heterocycles. The van der Waals surface area contributed by atoms with Crippen LogP contribution in [-0.2, 0) is 0 Å². The lowest BCUT2D eigenvalue weighted by Crippen LogP contribution is -2.07. The van der Waals surface area contributed by atoms with Gasteiger partial charge in [0.25, 0.3) is 0 Å². The highest BCUT2D eigenvalue weighted by Gasteiger charge is 2.29. The molecule has 0 aliphatic heterocycles. The molecule has 0 aliphatic rings. The lowest BCUT2D eigenvalue weighted by Gasteiger charge is -2.01. The molecule has 0 nitrogen and oxygen atoms in total. The van der Waals surface area contributed by atoms with E-state index < -0.39 is 11.7 Å². The van der Waals surface area contributed by atoms with E-state index in [1.54, 1.807) is 0 Å². The molecule has 0 saturated carbocycles. The van der Waals surface area contributed by atoms with E-state index in [1.165, 1.54) is 5.54 Å². The van der Waals surface area contributed by atoms with Crippen LogP contribution >= 0.6 is 11.6 Å². The summed E-state index contributed by atoms with van der Waals surface area (Å²) in [5, 5.41) is 0. The first-order valence-electron chi connectivity index (χ1n) is 1.76. The molecule has 0 rings (SSSR count). The Morgan fingerprint density at radius 3 is 1.88 bits per heavy atom. The SMILES string of the molecule is C/C(=[C]\Cl)C(F)(F)F. The second kappa shape index (κ2) is 2.40. The van der Waals surface area contributed by atoms with Gasteiger partial charge < -0.3 is 0 Å². The summed E-state index contributed by atoms with van der Waals surface area (Å²) in [4.78, 5) is 0. The highest BCUT2D eigenvalue weighted by molar-refractivity contribution is 6.22. The lowest BCUT2D eigenvalue weighted by atomic mass is 10.3. The number of halogens is 4. The molecule has 0 unspecified atom stereocenters. The Morgan fingerprint density at radius 2 is 1.88 bits per heavy atom. The third-order valence-corrected chi connectivity index (χ3v) is 0.850. The van der Waals surface area contributed by atoms with Crippen molar-refractivity contribution in [2.24, 2.45) is 0 Å². The van der Waals surface area contributed by atoms with E-state index in [4.69, 9.17) is 0 Å². The van der Waals surface area contributed by atoms with E-state index in [-0.39, 0.29) is 0 Å². The van der Waals surface area contributed by atoms with Crippen LogP contribution < -0.4 is 0 Å². The second-order valence-electron chi connectivity index (χ2n) is 1.22. The molecule has 0 aromatic carbocycles. The standard InChI is InChI=1S/C4H3ClF3/c1-3(2-5)4(6,7)8/h1H3. The molecule has 4 heteroatoms. The average molecular weight is 144 g/mol. The zero-order valence-corrected chi connectivity index (χ0v) is 4.77. The fourth-order valence-electron chi connectivity index (χ4n) is 0.0536. The van der Waals surface area contributed by atoms with Crippen molar-refractivity contribution in [1.29, 1.82) is 0 Å². The van der Waals surface area contributed by atoms with Crippen LogP contribution in [0.1, 0.15) is 6.92 Å². The van der Waals surface area contributed by atoms with Crippen molar-refractivity contribution in [3.8, 4) is 0 Å². The Morgan fingerprint density at radius 1 is 1.50 bits per heavy atom. The molecule has 0 atom stereocenters. The average Bonchev–Trinajstić information content (AvgIpc) is 1.62. The fraction of sp³-hybridized carbons (Fsp3) is 0.500. The van der Waals surface area contributed by atoms with Gasteiger partial charge in [-0.25, -0.2) is 0 Å². The first-order chi connectivity index (χ1) is 3.48. The first kappa shape index (κ1) is 7.82. The number of hydrogen-bond acceptors (Lipinski definition) is 0. The Hall–Kier alpha value is -0.180. The molecule has 0 N–H and O–H groups in total. The summed E-state index contributed by atoms with van der Waals surface area (Å²) < 4.78 is 33.8. The van der Waals surface area contributed by atoms with Gasteiger partial charge in [0, 0.05) is 0 Å². The van der Waals surface area contributed by atoms with Crippen LogP contribution in [-0.4, -0.2) is 6.18 Å². The molecule has 0 aliphatic carbocycles. The van der Waals surface area contributed by atoms with Gasteiger partial charge in [-0.05, 0) is 6.92 Å². The number of allylic oxidation sites excluding steroid dienone is 1. The van der Waals surface area contributed by atoms with E-state index in [1.807, 2.05) is 0 Å². The van der Waals surface area contributed by atoms with E-state index >= 15 is 0 Å². The Kier molecular flexibility index (Phi) is 2.34. The minimum Gasteiger partial charge on any atom is -0.166 e. The van der Waals surface area contributed by atoms with Gasteiger partial charge in [-0.3, -0.25) is 0 Å². The van der Waals surface area contributed by atoms with E-state index in [0.717, 1.165) is 6.92 Å². The third-order valence-electron chi connectivity index (χ3n) is 0.567. The van der Waals surface area contributed by atoms with Crippen LogP contribution in [0.25, 0.3) is 0 Å². The van der Waals surface area contributed by atoms with Crippen LogP contribution in [0.5, 0.6) is 0 Å². The maximum atomic E-state index is 11.3. The molecular formula is C4H3ClF3. The Balaban J connectivity index is 4.03. The van der Waals surface area contributed by atoms with E-state index in [2.05, 4.69) is 11.6 Å². The largest absolute Gasteiger partial charge is 0.413 e. The smallest absolute Gasteiger partial charge is 0.166 e. The minimum atomic E-state index is -4.32. The van der Waals surface area contributed by atoms with Crippen LogP contribution in [0.3, 0.4) is 0 Å². The molecular weight excluding hydrogens is 140 g/mol. The quantitative estimate of drug-likeness (QED) is 0.489. The van der Waals surface area contributed by atoms with Gasteiger partial charge in [-0.1, -0.05) is 11.6 Å². The number of alkyl halides is 3. The molecule has 1 radical (unpaired) electrons. The molecule has 0 saturated heterocycles. The van der Waals surface area contributed by atoms with Crippen molar-refractivity contribution in [3.63, 3.8) is 0 Å². The first-order valence-corrected chi connectivity index (χ1v) is 2.13. The van der Waals surface area contributed by atoms with Gasteiger partial charge in [-0.15, -0.1) is 0 Å². The molecule has 0 aromatic heterocycles. The van der Waals surface area contributed by atoms with Crippen molar-refractivity contribution >= 4 is 11.6 Å². The van der Waals surface area contributed by atoms with Gasteiger partial charge in [-0.2, -0.15) is 13.2 Å². The number of hydrogen-bond donors (Lipinski definition) is 0. The molecule has 47 valence electrons. The van der Waals surface area contributed by atoms with Crippen LogP contribution in [0.4, 0.5) is 13.2 Å². The zero-order chi connectivity index (χ0) is 6.78. The Labute approximate surface area is 49.9 Å². The predicted octanol–water partition coefficient (Wildman–Crippen LogP) is 2.49. The minimum absolute atomic E-state index is 0.854. The predicted molar refractivity (Wildman–Crippen MR) is 24.3 cm³/mol. The van der Waals surface area contributed by atoms with Gasteiger partial charge in [0.15, 0.2) is 0 Å². The summed E-state index contributed by atoms with van der Waals surface area (Å²) in [7, 11) is 0. The molecule has 0 amide bonds. The van der Waals surface area contributed by atoms with Crippen LogP contribution in [0, 0.1) is 5.54 Å². The topological polar surface area (TPSA) is 0 Å². The van der Waals surface area contributed by atoms with Crippen molar-refractivity contribution in [1.82, 2.24) is 0 Å². The third kappa shape index (κ3) is 2.21.